The number of aliphatic hydroxyl groups is 4. The van der Waals surface area contributed by atoms with Crippen LogP contribution in [0.5, 0.6) is 5.75 Å². The second-order valence-electron chi connectivity index (χ2n) is 12.9. The van der Waals surface area contributed by atoms with Crippen molar-refractivity contribution in [3.63, 3.8) is 0 Å². The summed E-state index contributed by atoms with van der Waals surface area (Å²) >= 11 is 0. The number of nitrogens with zero attached hydrogens (tertiary/aromatic N) is 4. The quantitative estimate of drug-likeness (QED) is 0.129. The third kappa shape index (κ3) is 18.3. The molecule has 0 heterocycles. The third-order valence-electron chi connectivity index (χ3n) is 7.24. The van der Waals surface area contributed by atoms with Gasteiger partial charge >= 0.3 is 5.97 Å². The van der Waals surface area contributed by atoms with Crippen molar-refractivity contribution in [3.05, 3.63) is 59.7 Å². The highest BCUT2D eigenvalue weighted by atomic mass is 16.5. The summed E-state index contributed by atoms with van der Waals surface area (Å²) in [6.45, 7) is 8.44. The number of ether oxygens (including phenoxy) is 2. The topological polar surface area (TPSA) is 243 Å². The first-order valence-electron chi connectivity index (χ1n) is 15.2. The molecule has 14 heteroatoms. The SMILES string of the molecule is CC(CO)(CO)C(=O)O.CC(O)CO.CC1(C)CC(OC#N)CC(C)(CN=C=O)C1.N#COc1ccc(Cc2ccc(N=C=O)cc2)cc1. The maximum atomic E-state index is 10.2. The van der Waals surface area contributed by atoms with E-state index in [0.717, 1.165) is 36.8 Å². The fourth-order valence-electron chi connectivity index (χ4n) is 4.93. The maximum absolute atomic E-state index is 10.2. The molecule has 1 aliphatic rings. The molecule has 3 unspecified atom stereocenters. The number of aliphatic imine (C=N–C) groups is 2. The van der Waals surface area contributed by atoms with Crippen LogP contribution < -0.4 is 4.74 Å². The van der Waals surface area contributed by atoms with Gasteiger partial charge in [0.2, 0.25) is 12.2 Å². The van der Waals surface area contributed by atoms with Crippen molar-refractivity contribution < 1.29 is 49.4 Å². The van der Waals surface area contributed by atoms with Gasteiger partial charge in [0.15, 0.2) is 0 Å². The van der Waals surface area contributed by atoms with Gasteiger partial charge in [-0.2, -0.15) is 10.3 Å². The Bertz CT molecular complexity index is 1450. The van der Waals surface area contributed by atoms with Crippen molar-refractivity contribution in [1.29, 1.82) is 10.5 Å². The Labute approximate surface area is 286 Å². The van der Waals surface area contributed by atoms with Crippen LogP contribution in [0.4, 0.5) is 5.69 Å². The molecule has 0 radical (unpaired) electrons. The molecular formula is C35H46N4O10. The molecule has 3 atom stereocenters. The van der Waals surface area contributed by atoms with Crippen LogP contribution in [0.1, 0.15) is 65.0 Å². The summed E-state index contributed by atoms with van der Waals surface area (Å²) in [5, 5.41) is 58.1. The minimum absolute atomic E-state index is 0.0550. The Morgan fingerprint density at radius 2 is 1.49 bits per heavy atom. The zero-order valence-electron chi connectivity index (χ0n) is 28.5. The lowest BCUT2D eigenvalue weighted by atomic mass is 9.63. The van der Waals surface area contributed by atoms with Crippen LogP contribution in [0.2, 0.25) is 0 Å². The fourth-order valence-corrected chi connectivity index (χ4v) is 4.93. The number of benzene rings is 2. The zero-order chi connectivity index (χ0) is 37.5. The summed E-state index contributed by atoms with van der Waals surface area (Å²) in [6, 6.07) is 14.7. The zero-order valence-corrected chi connectivity index (χ0v) is 28.5. The Hall–Kier alpha value is -4.91. The number of aliphatic carboxylic acids is 1. The van der Waals surface area contributed by atoms with E-state index in [-0.39, 0.29) is 23.5 Å². The van der Waals surface area contributed by atoms with Crippen molar-refractivity contribution in [1.82, 2.24) is 0 Å². The maximum Gasteiger partial charge on any atom is 0.314 e. The standard InChI is InChI=1S/C15H10N2O2.C12H18N2O2.C5H10O4.C3H8O2/c16-10-19-15-7-3-13(4-8-15)9-12-1-5-14(6-2-12)17-11-18;1-11(2)4-10(16-8-13)5-12(3,6-11)7-14-9-15;1-5(2-6,3-7)4(8)9;1-3(5)2-4/h1-8H,9H2;10H,4-7H2,1-3H3;6-7H,2-3H2,1H3,(H,8,9);3-5H,2H2,1H3. The molecule has 14 nitrogen and oxygen atoms in total. The van der Waals surface area contributed by atoms with Crippen LogP contribution in [-0.4, -0.2) is 82.2 Å². The van der Waals surface area contributed by atoms with Crippen LogP contribution in [-0.2, 0) is 25.5 Å². The van der Waals surface area contributed by atoms with Gasteiger partial charge < -0.3 is 35.0 Å². The van der Waals surface area contributed by atoms with Gasteiger partial charge in [-0.15, -0.1) is 5.26 Å². The second-order valence-corrected chi connectivity index (χ2v) is 12.9. The fraction of sp³-hybridized carbons (Fsp3) is 0.514. The summed E-state index contributed by atoms with van der Waals surface area (Å²) in [7, 11) is 0. The first-order chi connectivity index (χ1) is 23.1. The number of nitriles is 2. The number of isocyanates is 2. The first-order valence-corrected chi connectivity index (χ1v) is 15.2. The second kappa shape index (κ2) is 22.6. The molecule has 0 amide bonds. The molecule has 3 rings (SSSR count). The van der Waals surface area contributed by atoms with Gasteiger partial charge in [-0.05, 0) is 85.8 Å². The molecule has 1 fully saturated rings. The van der Waals surface area contributed by atoms with Crippen LogP contribution in [0.25, 0.3) is 0 Å². The molecule has 1 aliphatic carbocycles. The number of carbonyl (C=O) groups excluding carboxylic acids is 2. The van der Waals surface area contributed by atoms with E-state index in [9.17, 15) is 14.4 Å². The minimum Gasteiger partial charge on any atom is -0.481 e. The Kier molecular flexibility index (Phi) is 20.4. The van der Waals surface area contributed by atoms with Crippen molar-refractivity contribution in [3.8, 4) is 18.3 Å². The van der Waals surface area contributed by atoms with Crippen molar-refractivity contribution in [2.45, 2.75) is 72.5 Å². The lowest BCUT2D eigenvalue weighted by Crippen LogP contribution is -2.40. The summed E-state index contributed by atoms with van der Waals surface area (Å²) in [5.74, 6) is -0.658. The van der Waals surface area contributed by atoms with Crippen LogP contribution in [0.15, 0.2) is 58.5 Å². The molecule has 266 valence electrons. The Morgan fingerprint density at radius 1 is 0.959 bits per heavy atom. The summed E-state index contributed by atoms with van der Waals surface area (Å²) in [6.07, 6.45) is 9.26. The molecule has 2 aromatic rings. The van der Waals surface area contributed by atoms with E-state index in [2.05, 4.69) is 30.8 Å². The van der Waals surface area contributed by atoms with E-state index in [1.54, 1.807) is 42.9 Å². The van der Waals surface area contributed by atoms with E-state index in [1.807, 2.05) is 24.3 Å². The average molecular weight is 683 g/mol. The monoisotopic (exact) mass is 682 g/mol. The number of carboxylic acids is 1. The lowest BCUT2D eigenvalue weighted by molar-refractivity contribution is -0.152. The van der Waals surface area contributed by atoms with E-state index in [4.69, 9.17) is 45.5 Å². The Balaban J connectivity index is 0.000000692. The molecule has 0 aliphatic heterocycles. The van der Waals surface area contributed by atoms with Gasteiger partial charge in [-0.3, -0.25) is 4.79 Å². The van der Waals surface area contributed by atoms with Crippen molar-refractivity contribution in [2.24, 2.45) is 26.2 Å². The van der Waals surface area contributed by atoms with Gasteiger partial charge in [0.25, 0.3) is 12.5 Å². The average Bonchev–Trinajstić information content (AvgIpc) is 3.05. The number of hydrogen-bond acceptors (Lipinski definition) is 13. The molecule has 0 saturated heterocycles. The number of aliphatic hydroxyl groups excluding tert-OH is 4. The number of carboxylic acid groups (broad SMARTS) is 1. The van der Waals surface area contributed by atoms with Gasteiger partial charge in [0, 0.05) is 0 Å². The van der Waals surface area contributed by atoms with Crippen molar-refractivity contribution in [2.75, 3.05) is 26.4 Å². The predicted octanol–water partition coefficient (Wildman–Crippen LogP) is 3.93. The van der Waals surface area contributed by atoms with Crippen LogP contribution in [0, 0.1) is 39.3 Å². The highest BCUT2D eigenvalue weighted by Gasteiger charge is 2.42. The molecule has 0 aromatic heterocycles. The number of rotatable bonds is 11. The van der Waals surface area contributed by atoms with E-state index < -0.39 is 30.7 Å². The highest BCUT2D eigenvalue weighted by molar-refractivity contribution is 5.74. The number of hydrogen-bond donors (Lipinski definition) is 5. The third-order valence-corrected chi connectivity index (χ3v) is 7.24. The van der Waals surface area contributed by atoms with Gasteiger partial charge in [-0.1, -0.05) is 45.0 Å². The highest BCUT2D eigenvalue weighted by Crippen LogP contribution is 2.47. The van der Waals surface area contributed by atoms with E-state index in [1.165, 1.54) is 19.9 Å². The van der Waals surface area contributed by atoms with Crippen LogP contribution >= 0.6 is 0 Å². The summed E-state index contributed by atoms with van der Waals surface area (Å²) in [4.78, 5) is 37.7. The normalized spacial score (nSPS) is 17.7. The predicted molar refractivity (Wildman–Crippen MR) is 178 cm³/mol. The molecule has 0 bridgehead atoms. The number of carbonyl (C=O) groups is 1. The molecule has 49 heavy (non-hydrogen) atoms. The Morgan fingerprint density at radius 3 is 1.88 bits per heavy atom. The molecular weight excluding hydrogens is 636 g/mol. The molecule has 1 saturated carbocycles. The molecule has 5 N–H and O–H groups in total. The summed E-state index contributed by atoms with van der Waals surface area (Å²) < 4.78 is 9.77. The molecule has 0 spiro atoms. The van der Waals surface area contributed by atoms with Crippen LogP contribution in [0.3, 0.4) is 0 Å². The molecule has 2 aromatic carbocycles. The van der Waals surface area contributed by atoms with E-state index >= 15 is 0 Å². The lowest BCUT2D eigenvalue weighted by Gasteiger charge is -2.44. The van der Waals surface area contributed by atoms with Crippen molar-refractivity contribution >= 4 is 23.8 Å². The van der Waals surface area contributed by atoms with Gasteiger partial charge in [-0.25, -0.2) is 14.6 Å². The van der Waals surface area contributed by atoms with Gasteiger partial charge in [0.1, 0.15) is 17.3 Å². The largest absolute Gasteiger partial charge is 0.481 e. The van der Waals surface area contributed by atoms with E-state index in [0.29, 0.717) is 18.0 Å². The van der Waals surface area contributed by atoms with Gasteiger partial charge in [0.05, 0.1) is 38.2 Å². The summed E-state index contributed by atoms with van der Waals surface area (Å²) in [5.41, 5.74) is 1.47. The smallest absolute Gasteiger partial charge is 0.314 e. The minimum atomic E-state index is -1.39. The first kappa shape index (κ1) is 44.1.